The number of nitrogens with zero attached hydrogens (tertiary/aromatic N) is 2. The molecule has 134 valence electrons. The van der Waals surface area contributed by atoms with Crippen LogP contribution < -0.4 is 0 Å². The van der Waals surface area contributed by atoms with E-state index >= 15 is 0 Å². The Bertz CT molecular complexity index is 568. The summed E-state index contributed by atoms with van der Waals surface area (Å²) in [6.45, 7) is 12.4. The molecule has 1 unspecified atom stereocenters. The highest BCUT2D eigenvalue weighted by molar-refractivity contribution is 5.68. The molecular weight excluding hydrogens is 304 g/mol. The number of carbonyl (C=O) groups is 1. The van der Waals surface area contributed by atoms with E-state index in [9.17, 15) is 9.90 Å². The molecule has 1 amide bonds. The Labute approximate surface area is 145 Å². The quantitative estimate of drug-likeness (QED) is 0.923. The van der Waals surface area contributed by atoms with Crippen molar-refractivity contribution in [3.63, 3.8) is 0 Å². The maximum atomic E-state index is 12.3. The van der Waals surface area contributed by atoms with Crippen molar-refractivity contribution in [2.24, 2.45) is 0 Å². The fourth-order valence-electron chi connectivity index (χ4n) is 3.09. The number of hydrogen-bond donors (Lipinski definition) is 1. The van der Waals surface area contributed by atoms with Crippen molar-refractivity contribution < 1.29 is 14.6 Å². The van der Waals surface area contributed by atoms with Gasteiger partial charge in [0.15, 0.2) is 0 Å². The molecule has 1 fully saturated rings. The van der Waals surface area contributed by atoms with Gasteiger partial charge in [0.2, 0.25) is 0 Å². The molecule has 1 saturated heterocycles. The van der Waals surface area contributed by atoms with Crippen LogP contribution in [0.15, 0.2) is 24.3 Å². The zero-order chi connectivity index (χ0) is 17.9. The molecule has 0 aliphatic carbocycles. The molecule has 1 aliphatic rings. The van der Waals surface area contributed by atoms with E-state index in [1.807, 2.05) is 58.9 Å². The predicted octanol–water partition coefficient (Wildman–Crippen LogP) is 2.97. The molecule has 0 aromatic heterocycles. The molecule has 1 aliphatic heterocycles. The molecule has 5 nitrogen and oxygen atoms in total. The molecule has 0 spiro atoms. The highest BCUT2D eigenvalue weighted by Crippen LogP contribution is 2.21. The van der Waals surface area contributed by atoms with Gasteiger partial charge in [-0.05, 0) is 45.7 Å². The van der Waals surface area contributed by atoms with Crippen LogP contribution in [-0.4, -0.2) is 58.8 Å². The van der Waals surface area contributed by atoms with E-state index in [1.165, 1.54) is 0 Å². The summed E-state index contributed by atoms with van der Waals surface area (Å²) < 4.78 is 5.47. The summed E-state index contributed by atoms with van der Waals surface area (Å²) >= 11 is 0. The van der Waals surface area contributed by atoms with E-state index < -0.39 is 11.7 Å². The number of ether oxygens (including phenoxy) is 1. The van der Waals surface area contributed by atoms with E-state index in [2.05, 4.69) is 4.90 Å². The third-order valence-corrected chi connectivity index (χ3v) is 4.32. The smallest absolute Gasteiger partial charge is 0.410 e. The Morgan fingerprint density at radius 2 is 2.00 bits per heavy atom. The fourth-order valence-corrected chi connectivity index (χ4v) is 3.09. The van der Waals surface area contributed by atoms with Crippen LogP contribution in [0.5, 0.6) is 0 Å². The van der Waals surface area contributed by atoms with Gasteiger partial charge in [0, 0.05) is 32.2 Å². The zero-order valence-corrected chi connectivity index (χ0v) is 15.5. The zero-order valence-electron chi connectivity index (χ0n) is 15.5. The summed E-state index contributed by atoms with van der Waals surface area (Å²) in [6.07, 6.45) is -0.763. The molecule has 0 radical (unpaired) electrons. The summed E-state index contributed by atoms with van der Waals surface area (Å²) in [6, 6.07) is 7.99. The number of β-amino-alcohol motifs (C(OH)–C–C–N with tert-alkyl or cyclic N) is 1. The van der Waals surface area contributed by atoms with Crippen LogP contribution >= 0.6 is 0 Å². The second kappa shape index (κ2) is 7.53. The molecule has 24 heavy (non-hydrogen) atoms. The van der Waals surface area contributed by atoms with E-state index in [0.717, 1.165) is 24.2 Å². The van der Waals surface area contributed by atoms with Gasteiger partial charge in [-0.3, -0.25) is 4.90 Å². The minimum Gasteiger partial charge on any atom is -0.444 e. The highest BCUT2D eigenvalue weighted by atomic mass is 16.6. The number of benzene rings is 1. The SMILES string of the molecule is Cc1ccccc1C(O)CN1CCN(C(=O)OC(C)(C)C)[C@H](C)C1. The third kappa shape index (κ3) is 4.95. The molecule has 0 saturated carbocycles. The lowest BCUT2D eigenvalue weighted by molar-refractivity contribution is -0.00423. The van der Waals surface area contributed by atoms with Gasteiger partial charge in [-0.25, -0.2) is 4.79 Å². The molecule has 2 rings (SSSR count). The van der Waals surface area contributed by atoms with Crippen LogP contribution in [0.3, 0.4) is 0 Å². The maximum Gasteiger partial charge on any atom is 0.410 e. The highest BCUT2D eigenvalue weighted by Gasteiger charge is 2.31. The Kier molecular flexibility index (Phi) is 5.88. The topological polar surface area (TPSA) is 53.0 Å². The molecule has 0 bridgehead atoms. The average Bonchev–Trinajstić information content (AvgIpc) is 2.45. The van der Waals surface area contributed by atoms with Gasteiger partial charge in [0.25, 0.3) is 0 Å². The summed E-state index contributed by atoms with van der Waals surface area (Å²) in [5.74, 6) is 0. The minimum atomic E-state index is -0.508. The number of hydrogen-bond acceptors (Lipinski definition) is 4. The Morgan fingerprint density at radius 3 is 2.58 bits per heavy atom. The standard InChI is InChI=1S/C19H30N2O3/c1-14-8-6-7-9-16(14)17(22)13-20-10-11-21(15(2)12-20)18(23)24-19(3,4)5/h6-9,15,17,22H,10-13H2,1-5H3/t15-,17?/m1/s1. The van der Waals surface area contributed by atoms with Crippen LogP contribution in [0.2, 0.25) is 0 Å². The third-order valence-electron chi connectivity index (χ3n) is 4.32. The van der Waals surface area contributed by atoms with Gasteiger partial charge in [-0.2, -0.15) is 0 Å². The van der Waals surface area contributed by atoms with Gasteiger partial charge >= 0.3 is 6.09 Å². The second-order valence-electron chi connectivity index (χ2n) is 7.65. The van der Waals surface area contributed by atoms with Gasteiger partial charge in [0.05, 0.1) is 6.10 Å². The number of piperazine rings is 1. The van der Waals surface area contributed by atoms with Crippen LogP contribution in [-0.2, 0) is 4.74 Å². The van der Waals surface area contributed by atoms with E-state index in [-0.39, 0.29) is 12.1 Å². The Hall–Kier alpha value is -1.59. The Balaban J connectivity index is 1.91. The molecule has 1 aromatic rings. The number of aliphatic hydroxyl groups excluding tert-OH is 1. The number of amides is 1. The molecule has 1 aromatic carbocycles. The van der Waals surface area contributed by atoms with Crippen molar-refractivity contribution in [3.8, 4) is 0 Å². The van der Waals surface area contributed by atoms with Gasteiger partial charge in [-0.15, -0.1) is 0 Å². The van der Waals surface area contributed by atoms with Crippen LogP contribution in [0.1, 0.15) is 44.9 Å². The minimum absolute atomic E-state index is 0.0673. The number of rotatable bonds is 3. The first kappa shape index (κ1) is 18.7. The summed E-state index contributed by atoms with van der Waals surface area (Å²) in [4.78, 5) is 16.2. The van der Waals surface area contributed by atoms with Crippen molar-refractivity contribution in [2.75, 3.05) is 26.2 Å². The van der Waals surface area contributed by atoms with Gasteiger partial charge in [-0.1, -0.05) is 24.3 Å². The van der Waals surface area contributed by atoms with Crippen molar-refractivity contribution in [1.82, 2.24) is 9.80 Å². The lowest BCUT2D eigenvalue weighted by Gasteiger charge is -2.40. The summed E-state index contributed by atoms with van der Waals surface area (Å²) in [5, 5.41) is 10.5. The molecular formula is C19H30N2O3. The number of aryl methyl sites for hydroxylation is 1. The summed E-state index contributed by atoms with van der Waals surface area (Å²) in [5.41, 5.74) is 1.60. The molecule has 5 heteroatoms. The predicted molar refractivity (Wildman–Crippen MR) is 95.0 cm³/mol. The Morgan fingerprint density at radius 1 is 1.33 bits per heavy atom. The normalized spacial score (nSPS) is 20.8. The average molecular weight is 334 g/mol. The van der Waals surface area contributed by atoms with Gasteiger partial charge < -0.3 is 14.7 Å². The lowest BCUT2D eigenvalue weighted by Crippen LogP contribution is -2.55. The fraction of sp³-hybridized carbons (Fsp3) is 0.632. The lowest BCUT2D eigenvalue weighted by atomic mass is 10.0. The molecule has 2 atom stereocenters. The van der Waals surface area contributed by atoms with Crippen LogP contribution in [0, 0.1) is 6.92 Å². The van der Waals surface area contributed by atoms with Crippen molar-refractivity contribution in [1.29, 1.82) is 0 Å². The van der Waals surface area contributed by atoms with Crippen molar-refractivity contribution >= 4 is 6.09 Å². The first-order valence-electron chi connectivity index (χ1n) is 8.63. The maximum absolute atomic E-state index is 12.3. The number of aliphatic hydroxyl groups is 1. The van der Waals surface area contributed by atoms with Crippen LogP contribution in [0.25, 0.3) is 0 Å². The van der Waals surface area contributed by atoms with Crippen molar-refractivity contribution in [3.05, 3.63) is 35.4 Å². The second-order valence-corrected chi connectivity index (χ2v) is 7.65. The summed E-state index contributed by atoms with van der Waals surface area (Å²) in [7, 11) is 0. The van der Waals surface area contributed by atoms with E-state index in [1.54, 1.807) is 4.90 Å². The largest absolute Gasteiger partial charge is 0.444 e. The number of carbonyl (C=O) groups excluding carboxylic acids is 1. The van der Waals surface area contributed by atoms with E-state index in [0.29, 0.717) is 13.1 Å². The van der Waals surface area contributed by atoms with Crippen molar-refractivity contribution in [2.45, 2.75) is 52.4 Å². The van der Waals surface area contributed by atoms with Gasteiger partial charge in [0.1, 0.15) is 5.60 Å². The first-order chi connectivity index (χ1) is 11.2. The molecule has 1 N–H and O–H groups in total. The monoisotopic (exact) mass is 334 g/mol. The molecule has 1 heterocycles. The van der Waals surface area contributed by atoms with E-state index in [4.69, 9.17) is 4.74 Å². The van der Waals surface area contributed by atoms with Crippen LogP contribution in [0.4, 0.5) is 4.79 Å². The first-order valence-corrected chi connectivity index (χ1v) is 8.63.